The zero-order valence-corrected chi connectivity index (χ0v) is 13.9. The van der Waals surface area contributed by atoms with Crippen LogP contribution in [0.3, 0.4) is 0 Å². The topological polar surface area (TPSA) is 41.1 Å². The molecule has 2 aromatic rings. The predicted molar refractivity (Wildman–Crippen MR) is 96.0 cm³/mol. The van der Waals surface area contributed by atoms with Crippen LogP contribution in [0, 0.1) is 0 Å². The summed E-state index contributed by atoms with van der Waals surface area (Å²) in [5.41, 5.74) is 2.07. The van der Waals surface area contributed by atoms with Crippen LogP contribution in [0.25, 0.3) is 0 Å². The predicted octanol–water partition coefficient (Wildman–Crippen LogP) is 3.11. The van der Waals surface area contributed by atoms with Gasteiger partial charge in [0, 0.05) is 12.6 Å². The van der Waals surface area contributed by atoms with Crippen LogP contribution < -0.4 is 10.6 Å². The van der Waals surface area contributed by atoms with Crippen LogP contribution in [0.15, 0.2) is 60.7 Å². The van der Waals surface area contributed by atoms with Crippen LogP contribution in [0.1, 0.15) is 29.9 Å². The van der Waals surface area contributed by atoms with Gasteiger partial charge in [0.05, 0.1) is 5.92 Å². The van der Waals surface area contributed by atoms with Crippen molar-refractivity contribution < 1.29 is 4.79 Å². The van der Waals surface area contributed by atoms with E-state index in [2.05, 4.69) is 10.6 Å². The van der Waals surface area contributed by atoms with E-state index in [1.807, 2.05) is 60.7 Å². The van der Waals surface area contributed by atoms with Gasteiger partial charge < -0.3 is 10.6 Å². The van der Waals surface area contributed by atoms with E-state index in [0.29, 0.717) is 12.6 Å². The summed E-state index contributed by atoms with van der Waals surface area (Å²) in [6.45, 7) is 1.76. The largest absolute Gasteiger partial charge is 0.354 e. The van der Waals surface area contributed by atoms with E-state index in [4.69, 9.17) is 0 Å². The van der Waals surface area contributed by atoms with E-state index in [9.17, 15) is 4.79 Å². The molecular weight excluding hydrogens is 308 g/mol. The first-order valence-corrected chi connectivity index (χ1v) is 7.95. The van der Waals surface area contributed by atoms with Gasteiger partial charge in [-0.15, -0.1) is 12.4 Å². The fourth-order valence-electron chi connectivity index (χ4n) is 3.04. The molecule has 1 amide bonds. The minimum Gasteiger partial charge on any atom is -0.354 e. The molecule has 0 saturated carbocycles. The molecule has 122 valence electrons. The first-order valence-electron chi connectivity index (χ1n) is 7.95. The second kappa shape index (κ2) is 8.70. The van der Waals surface area contributed by atoms with Gasteiger partial charge >= 0.3 is 0 Å². The average molecular weight is 331 g/mol. The van der Waals surface area contributed by atoms with E-state index in [-0.39, 0.29) is 24.2 Å². The van der Waals surface area contributed by atoms with Crippen molar-refractivity contribution in [1.29, 1.82) is 0 Å². The molecule has 1 aliphatic rings. The number of amides is 1. The highest BCUT2D eigenvalue weighted by atomic mass is 35.5. The zero-order valence-electron chi connectivity index (χ0n) is 13.1. The third kappa shape index (κ3) is 4.57. The van der Waals surface area contributed by atoms with Crippen molar-refractivity contribution in [2.45, 2.75) is 24.8 Å². The highest BCUT2D eigenvalue weighted by Gasteiger charge is 2.23. The van der Waals surface area contributed by atoms with Crippen LogP contribution in [-0.4, -0.2) is 25.0 Å². The second-order valence-corrected chi connectivity index (χ2v) is 5.79. The Balaban J connectivity index is 0.00000192. The molecule has 1 fully saturated rings. The summed E-state index contributed by atoms with van der Waals surface area (Å²) >= 11 is 0. The van der Waals surface area contributed by atoms with E-state index < -0.39 is 0 Å². The lowest BCUT2D eigenvalue weighted by molar-refractivity contribution is -0.121. The fraction of sp³-hybridized carbons (Fsp3) is 0.316. The van der Waals surface area contributed by atoms with E-state index in [0.717, 1.165) is 24.1 Å². The summed E-state index contributed by atoms with van der Waals surface area (Å²) in [6.07, 6.45) is 2.34. The number of halogens is 1. The maximum Gasteiger partial charge on any atom is 0.232 e. The Morgan fingerprint density at radius 2 is 1.61 bits per heavy atom. The van der Waals surface area contributed by atoms with Crippen molar-refractivity contribution in [3.8, 4) is 0 Å². The third-order valence-electron chi connectivity index (χ3n) is 4.21. The van der Waals surface area contributed by atoms with E-state index >= 15 is 0 Å². The Morgan fingerprint density at radius 1 is 1.04 bits per heavy atom. The molecule has 23 heavy (non-hydrogen) atoms. The van der Waals surface area contributed by atoms with Crippen molar-refractivity contribution in [3.63, 3.8) is 0 Å². The molecule has 2 aromatic carbocycles. The van der Waals surface area contributed by atoms with Crippen molar-refractivity contribution in [2.24, 2.45) is 0 Å². The van der Waals surface area contributed by atoms with Gasteiger partial charge in [-0.1, -0.05) is 60.7 Å². The summed E-state index contributed by atoms with van der Waals surface area (Å²) in [4.78, 5) is 12.8. The van der Waals surface area contributed by atoms with Gasteiger partial charge in [0.25, 0.3) is 0 Å². The smallest absolute Gasteiger partial charge is 0.232 e. The molecule has 3 nitrogen and oxygen atoms in total. The molecule has 0 aliphatic carbocycles. The summed E-state index contributed by atoms with van der Waals surface area (Å²) in [6, 6.07) is 20.4. The lowest BCUT2D eigenvalue weighted by Gasteiger charge is -2.19. The molecule has 1 saturated heterocycles. The maximum atomic E-state index is 12.8. The van der Waals surface area contributed by atoms with Gasteiger partial charge in [-0.3, -0.25) is 4.79 Å². The first-order chi connectivity index (χ1) is 10.8. The van der Waals surface area contributed by atoms with Gasteiger partial charge in [0.2, 0.25) is 5.91 Å². The molecule has 1 aliphatic heterocycles. The van der Waals surface area contributed by atoms with Gasteiger partial charge in [-0.2, -0.15) is 0 Å². The SMILES string of the molecule is Cl.O=C(NCC1CCCN1)C(c1ccccc1)c1ccccc1. The van der Waals surface area contributed by atoms with Crippen LogP contribution in [0.5, 0.6) is 0 Å². The quantitative estimate of drug-likeness (QED) is 0.884. The number of nitrogens with one attached hydrogen (secondary N) is 2. The number of rotatable bonds is 5. The third-order valence-corrected chi connectivity index (χ3v) is 4.21. The Hall–Kier alpha value is -1.84. The molecule has 0 spiro atoms. The number of carbonyl (C=O) groups excluding carboxylic acids is 1. The van der Waals surface area contributed by atoms with Crippen LogP contribution in [0.2, 0.25) is 0 Å². The van der Waals surface area contributed by atoms with Gasteiger partial charge in [-0.25, -0.2) is 0 Å². The Kier molecular flexibility index (Phi) is 6.63. The Morgan fingerprint density at radius 3 is 2.09 bits per heavy atom. The second-order valence-electron chi connectivity index (χ2n) is 5.79. The minimum absolute atomic E-state index is 0. The molecule has 4 heteroatoms. The minimum atomic E-state index is -0.246. The number of benzene rings is 2. The summed E-state index contributed by atoms with van der Waals surface area (Å²) in [5, 5.41) is 6.54. The average Bonchev–Trinajstić information content (AvgIpc) is 3.09. The Bertz CT molecular complexity index is 558. The van der Waals surface area contributed by atoms with Crippen molar-refractivity contribution in [1.82, 2.24) is 10.6 Å². The van der Waals surface area contributed by atoms with Crippen molar-refractivity contribution in [3.05, 3.63) is 71.8 Å². The van der Waals surface area contributed by atoms with Crippen molar-refractivity contribution >= 4 is 18.3 Å². The molecule has 0 radical (unpaired) electrons. The Labute approximate surface area is 143 Å². The lowest BCUT2D eigenvalue weighted by atomic mass is 9.90. The van der Waals surface area contributed by atoms with Gasteiger partial charge in [0.1, 0.15) is 0 Å². The summed E-state index contributed by atoms with van der Waals surface area (Å²) in [7, 11) is 0. The molecule has 0 bridgehead atoms. The van der Waals surface area contributed by atoms with Crippen LogP contribution in [-0.2, 0) is 4.79 Å². The van der Waals surface area contributed by atoms with E-state index in [1.54, 1.807) is 0 Å². The first kappa shape index (κ1) is 17.5. The molecular formula is C19H23ClN2O. The fourth-order valence-corrected chi connectivity index (χ4v) is 3.04. The van der Waals surface area contributed by atoms with Crippen molar-refractivity contribution in [2.75, 3.05) is 13.1 Å². The normalized spacial score (nSPS) is 16.8. The van der Waals surface area contributed by atoms with Crippen LogP contribution in [0.4, 0.5) is 0 Å². The highest BCUT2D eigenvalue weighted by Crippen LogP contribution is 2.24. The maximum absolute atomic E-state index is 12.8. The molecule has 2 N–H and O–H groups in total. The highest BCUT2D eigenvalue weighted by molar-refractivity contribution is 5.87. The number of hydrogen-bond donors (Lipinski definition) is 2. The monoisotopic (exact) mass is 330 g/mol. The standard InChI is InChI=1S/C19H22N2O.ClH/c22-19(21-14-17-12-7-13-20-17)18(15-8-3-1-4-9-15)16-10-5-2-6-11-16;/h1-6,8-11,17-18,20H,7,12-14H2,(H,21,22);1H. The van der Waals surface area contributed by atoms with Crippen LogP contribution >= 0.6 is 12.4 Å². The number of carbonyl (C=O) groups is 1. The number of hydrogen-bond acceptors (Lipinski definition) is 2. The zero-order chi connectivity index (χ0) is 15.2. The summed E-state index contributed by atoms with van der Waals surface area (Å²) < 4.78 is 0. The molecule has 1 heterocycles. The van der Waals surface area contributed by atoms with Gasteiger partial charge in [-0.05, 0) is 30.5 Å². The van der Waals surface area contributed by atoms with Gasteiger partial charge in [0.15, 0.2) is 0 Å². The molecule has 3 rings (SSSR count). The lowest BCUT2D eigenvalue weighted by Crippen LogP contribution is -2.39. The summed E-state index contributed by atoms with van der Waals surface area (Å²) in [5.74, 6) is -0.171. The molecule has 1 unspecified atom stereocenters. The molecule has 0 aromatic heterocycles. The molecule has 1 atom stereocenters. The van der Waals surface area contributed by atoms with E-state index in [1.165, 1.54) is 6.42 Å².